The van der Waals surface area contributed by atoms with Crippen molar-refractivity contribution in [2.75, 3.05) is 25.3 Å². The van der Waals surface area contributed by atoms with Gasteiger partial charge in [-0.15, -0.1) is 16.4 Å². The van der Waals surface area contributed by atoms with Gasteiger partial charge in [-0.05, 0) is 11.4 Å². The molecule has 1 aromatic carbocycles. The number of nitrogens with one attached hydrogen (secondary N) is 2. The molecule has 7 nitrogen and oxygen atoms in total. The predicted octanol–water partition coefficient (Wildman–Crippen LogP) is 3.21. The highest BCUT2D eigenvalue weighted by atomic mass is 32.2. The average molecular weight is 390 g/mol. The third-order valence-corrected chi connectivity index (χ3v) is 5.12. The standard InChI is InChI=1S/C17H18N4O3S2/c1-23-12-6-11(7-13(8-12)24-2)18-16(22)10-26-17-19-15(20-21-17)9-14-4-3-5-25-14/h3-8H,9-10H2,1-2H3,(H,18,22)(H,19,20,21). The molecule has 9 heteroatoms. The quantitative estimate of drug-likeness (QED) is 0.574. The van der Waals surface area contributed by atoms with E-state index in [1.807, 2.05) is 11.4 Å². The summed E-state index contributed by atoms with van der Waals surface area (Å²) < 4.78 is 10.4. The molecule has 26 heavy (non-hydrogen) atoms. The van der Waals surface area contributed by atoms with E-state index in [1.54, 1.807) is 43.8 Å². The summed E-state index contributed by atoms with van der Waals surface area (Å²) in [7, 11) is 3.13. The number of amides is 1. The Morgan fingerprint density at radius 1 is 1.27 bits per heavy atom. The van der Waals surface area contributed by atoms with E-state index in [1.165, 1.54) is 16.6 Å². The Kier molecular flexibility index (Phi) is 6.13. The molecular formula is C17H18N4O3S2. The van der Waals surface area contributed by atoms with Crippen molar-refractivity contribution in [3.63, 3.8) is 0 Å². The van der Waals surface area contributed by atoms with Crippen molar-refractivity contribution < 1.29 is 14.3 Å². The van der Waals surface area contributed by atoms with Gasteiger partial charge in [0.2, 0.25) is 11.1 Å². The van der Waals surface area contributed by atoms with E-state index in [2.05, 4.69) is 26.6 Å². The number of benzene rings is 1. The van der Waals surface area contributed by atoms with Crippen molar-refractivity contribution in [2.24, 2.45) is 0 Å². The van der Waals surface area contributed by atoms with Crippen molar-refractivity contribution >= 4 is 34.7 Å². The number of thioether (sulfide) groups is 1. The van der Waals surface area contributed by atoms with Crippen molar-refractivity contribution in [3.8, 4) is 11.5 Å². The fourth-order valence-corrected chi connectivity index (χ4v) is 3.53. The monoisotopic (exact) mass is 390 g/mol. The number of nitrogens with zero attached hydrogens (tertiary/aromatic N) is 2. The molecular weight excluding hydrogens is 372 g/mol. The van der Waals surface area contributed by atoms with Crippen molar-refractivity contribution in [3.05, 3.63) is 46.4 Å². The summed E-state index contributed by atoms with van der Waals surface area (Å²) in [6.07, 6.45) is 0.709. The van der Waals surface area contributed by atoms with Crippen molar-refractivity contribution in [1.82, 2.24) is 15.2 Å². The minimum absolute atomic E-state index is 0.157. The highest BCUT2D eigenvalue weighted by Crippen LogP contribution is 2.26. The third-order valence-electron chi connectivity index (χ3n) is 3.40. The number of aromatic nitrogens is 3. The number of anilines is 1. The van der Waals surface area contributed by atoms with Crippen LogP contribution in [-0.4, -0.2) is 41.1 Å². The van der Waals surface area contributed by atoms with Crippen LogP contribution in [0.3, 0.4) is 0 Å². The molecule has 0 saturated carbocycles. The molecule has 0 bridgehead atoms. The molecule has 0 atom stereocenters. The van der Waals surface area contributed by atoms with Gasteiger partial charge in [-0.25, -0.2) is 4.98 Å². The van der Waals surface area contributed by atoms with Crippen molar-refractivity contribution in [1.29, 1.82) is 0 Å². The van der Waals surface area contributed by atoms with Gasteiger partial charge in [0.1, 0.15) is 17.3 Å². The molecule has 0 aliphatic carbocycles. The molecule has 0 fully saturated rings. The Morgan fingerprint density at radius 3 is 2.69 bits per heavy atom. The molecule has 2 N–H and O–H groups in total. The largest absolute Gasteiger partial charge is 0.497 e. The van der Waals surface area contributed by atoms with Gasteiger partial charge >= 0.3 is 0 Å². The van der Waals surface area contributed by atoms with Crippen LogP contribution in [0.1, 0.15) is 10.7 Å². The van der Waals surface area contributed by atoms with Gasteiger partial charge in [0.15, 0.2) is 0 Å². The summed E-state index contributed by atoms with van der Waals surface area (Å²) in [6.45, 7) is 0. The van der Waals surface area contributed by atoms with Gasteiger partial charge in [-0.3, -0.25) is 9.89 Å². The number of carbonyl (C=O) groups excluding carboxylic acids is 1. The number of aromatic amines is 1. The molecule has 2 heterocycles. The second kappa shape index (κ2) is 8.72. The molecule has 136 valence electrons. The molecule has 2 aromatic heterocycles. The Labute approximate surface area is 159 Å². The fraction of sp³-hybridized carbons (Fsp3) is 0.235. The summed E-state index contributed by atoms with van der Waals surface area (Å²) >= 11 is 2.95. The highest BCUT2D eigenvalue weighted by Gasteiger charge is 2.10. The maximum Gasteiger partial charge on any atom is 0.234 e. The molecule has 3 aromatic rings. The summed E-state index contributed by atoms with van der Waals surface area (Å²) in [5, 5.41) is 12.4. The van der Waals surface area contributed by atoms with Crippen LogP contribution < -0.4 is 14.8 Å². The lowest BCUT2D eigenvalue weighted by Crippen LogP contribution is -2.14. The second-order valence-corrected chi connectivity index (χ2v) is 7.23. The second-order valence-electron chi connectivity index (χ2n) is 5.26. The maximum absolute atomic E-state index is 12.2. The Balaban J connectivity index is 1.53. The molecule has 0 saturated heterocycles. The predicted molar refractivity (Wildman–Crippen MR) is 102 cm³/mol. The fourth-order valence-electron chi connectivity index (χ4n) is 2.21. The summed E-state index contributed by atoms with van der Waals surface area (Å²) in [6, 6.07) is 9.26. The minimum atomic E-state index is -0.157. The molecule has 1 amide bonds. The lowest BCUT2D eigenvalue weighted by Gasteiger charge is -2.09. The number of rotatable bonds is 8. The van der Waals surface area contributed by atoms with Gasteiger partial charge in [-0.2, -0.15) is 0 Å². The van der Waals surface area contributed by atoms with E-state index in [4.69, 9.17) is 9.47 Å². The molecule has 0 radical (unpaired) electrons. The third kappa shape index (κ3) is 4.99. The molecule has 0 unspecified atom stereocenters. The van der Waals surface area contributed by atoms with Gasteiger partial charge in [0.05, 0.1) is 20.0 Å². The summed E-state index contributed by atoms with van der Waals surface area (Å²) in [5.41, 5.74) is 0.611. The van der Waals surface area contributed by atoms with E-state index in [-0.39, 0.29) is 11.7 Å². The van der Waals surface area contributed by atoms with Crippen LogP contribution >= 0.6 is 23.1 Å². The average Bonchev–Trinajstić information content (AvgIpc) is 3.32. The maximum atomic E-state index is 12.2. The van der Waals surface area contributed by atoms with Crippen LogP contribution in [0.2, 0.25) is 0 Å². The number of carbonyl (C=O) groups is 1. The van der Waals surface area contributed by atoms with Gasteiger partial charge in [0.25, 0.3) is 0 Å². The highest BCUT2D eigenvalue weighted by molar-refractivity contribution is 7.99. The number of methoxy groups -OCH3 is 2. The van der Waals surface area contributed by atoms with Crippen LogP contribution in [-0.2, 0) is 11.2 Å². The van der Waals surface area contributed by atoms with Crippen molar-refractivity contribution in [2.45, 2.75) is 11.6 Å². The Bertz CT molecular complexity index is 843. The first-order chi connectivity index (χ1) is 12.7. The van der Waals surface area contributed by atoms with Crippen LogP contribution in [0.25, 0.3) is 0 Å². The number of thiophene rings is 1. The molecule has 3 rings (SSSR count). The van der Waals surface area contributed by atoms with E-state index in [9.17, 15) is 4.79 Å². The number of hydrogen-bond acceptors (Lipinski definition) is 7. The first-order valence-electron chi connectivity index (χ1n) is 7.75. The van der Waals surface area contributed by atoms with E-state index in [0.29, 0.717) is 28.8 Å². The SMILES string of the molecule is COc1cc(NC(=O)CSc2n[nH]c(Cc3cccs3)n2)cc(OC)c1. The number of hydrogen-bond donors (Lipinski definition) is 2. The summed E-state index contributed by atoms with van der Waals surface area (Å²) in [5.74, 6) is 2.05. The Hall–Kier alpha value is -2.52. The van der Waals surface area contributed by atoms with Crippen LogP contribution in [0, 0.1) is 0 Å². The van der Waals surface area contributed by atoms with Gasteiger partial charge in [0, 0.05) is 35.2 Å². The van der Waals surface area contributed by atoms with E-state index in [0.717, 1.165) is 5.82 Å². The number of ether oxygens (including phenoxy) is 2. The topological polar surface area (TPSA) is 89.1 Å². The molecule has 0 aliphatic heterocycles. The lowest BCUT2D eigenvalue weighted by atomic mass is 10.2. The van der Waals surface area contributed by atoms with Gasteiger partial charge in [-0.1, -0.05) is 17.8 Å². The number of H-pyrrole nitrogens is 1. The van der Waals surface area contributed by atoms with Crippen LogP contribution in [0.4, 0.5) is 5.69 Å². The smallest absolute Gasteiger partial charge is 0.234 e. The first kappa shape index (κ1) is 18.3. The molecule has 0 aliphatic rings. The normalized spacial score (nSPS) is 10.5. The van der Waals surface area contributed by atoms with E-state index < -0.39 is 0 Å². The Morgan fingerprint density at radius 2 is 2.04 bits per heavy atom. The zero-order chi connectivity index (χ0) is 18.4. The zero-order valence-electron chi connectivity index (χ0n) is 14.3. The summed E-state index contributed by atoms with van der Waals surface area (Å²) in [4.78, 5) is 17.8. The zero-order valence-corrected chi connectivity index (χ0v) is 15.9. The molecule has 0 spiro atoms. The van der Waals surface area contributed by atoms with Gasteiger partial charge < -0.3 is 14.8 Å². The minimum Gasteiger partial charge on any atom is -0.497 e. The van der Waals surface area contributed by atoms with E-state index >= 15 is 0 Å². The van der Waals surface area contributed by atoms with Crippen LogP contribution in [0.15, 0.2) is 40.9 Å². The first-order valence-corrected chi connectivity index (χ1v) is 9.62. The van der Waals surface area contributed by atoms with Crippen LogP contribution in [0.5, 0.6) is 11.5 Å². The lowest BCUT2D eigenvalue weighted by molar-refractivity contribution is -0.113.